The number of carboxylic acids is 1. The average Bonchev–Trinajstić information content (AvgIpc) is 1.80. The van der Waals surface area contributed by atoms with Crippen molar-refractivity contribution in [1.29, 1.82) is 0 Å². The van der Waals surface area contributed by atoms with E-state index in [1.807, 2.05) is 22.6 Å². The first-order valence-corrected chi connectivity index (χ1v) is 3.98. The van der Waals surface area contributed by atoms with Crippen molar-refractivity contribution in [2.24, 2.45) is 0 Å². The number of aliphatic carboxylic acids is 1. The molecular weight excluding hydrogens is 263 g/mol. The van der Waals surface area contributed by atoms with Gasteiger partial charge in [0.15, 0.2) is 0 Å². The Bertz CT molecular complexity index is 170. The summed E-state index contributed by atoms with van der Waals surface area (Å²) in [5.41, 5.74) is 0. The Balaban J connectivity index is 3.80. The molecule has 0 spiro atoms. The van der Waals surface area contributed by atoms with Gasteiger partial charge in [-0.25, -0.2) is 0 Å². The molecule has 0 bridgehead atoms. The zero-order chi connectivity index (χ0) is 9.07. The average molecular weight is 271 g/mol. The predicted molar refractivity (Wildman–Crippen MR) is 44.1 cm³/mol. The van der Waals surface area contributed by atoms with Crippen LogP contribution in [0.5, 0.6) is 0 Å². The van der Waals surface area contributed by atoms with Crippen LogP contribution in [0.15, 0.2) is 0 Å². The van der Waals surface area contributed by atoms with Gasteiger partial charge < -0.3 is 14.6 Å². The van der Waals surface area contributed by atoms with Crippen LogP contribution in [0.4, 0.5) is 0 Å². The monoisotopic (exact) mass is 271 g/mol. The van der Waals surface area contributed by atoms with Gasteiger partial charge in [-0.2, -0.15) is 0 Å². The highest BCUT2D eigenvalue weighted by atomic mass is 127. The second-order valence-corrected chi connectivity index (χ2v) is 5.12. The zero-order valence-electron chi connectivity index (χ0n) is 6.22. The molecule has 0 aliphatic rings. The van der Waals surface area contributed by atoms with E-state index in [-0.39, 0.29) is 0 Å². The third-order valence-electron chi connectivity index (χ3n) is 0.807. The van der Waals surface area contributed by atoms with Crippen LogP contribution in [-0.4, -0.2) is 22.0 Å². The SMILES string of the molecule is CC(C)(I)C(=O)OCC(=O)[O-]. The predicted octanol–water partition coefficient (Wildman–Crippen LogP) is -0.507. The fraction of sp³-hybridized carbons (Fsp3) is 0.667. The van der Waals surface area contributed by atoms with E-state index in [0.29, 0.717) is 0 Å². The van der Waals surface area contributed by atoms with Gasteiger partial charge in [-0.3, -0.25) is 4.79 Å². The van der Waals surface area contributed by atoms with E-state index >= 15 is 0 Å². The number of carbonyl (C=O) groups is 2. The summed E-state index contributed by atoms with van der Waals surface area (Å²) < 4.78 is 3.67. The molecule has 0 atom stereocenters. The van der Waals surface area contributed by atoms with Crippen molar-refractivity contribution in [1.82, 2.24) is 0 Å². The lowest BCUT2D eigenvalue weighted by Crippen LogP contribution is -2.33. The maximum absolute atomic E-state index is 10.8. The highest BCUT2D eigenvalue weighted by Gasteiger charge is 2.24. The van der Waals surface area contributed by atoms with Crippen LogP contribution in [-0.2, 0) is 14.3 Å². The normalized spacial score (nSPS) is 10.8. The Morgan fingerprint density at radius 3 is 2.27 bits per heavy atom. The second-order valence-electron chi connectivity index (χ2n) is 2.42. The van der Waals surface area contributed by atoms with Crippen LogP contribution < -0.4 is 5.11 Å². The first-order valence-electron chi connectivity index (χ1n) is 2.90. The number of rotatable bonds is 3. The summed E-state index contributed by atoms with van der Waals surface area (Å²) in [5, 5.41) is 9.84. The molecule has 0 saturated carbocycles. The highest BCUT2D eigenvalue weighted by molar-refractivity contribution is 14.1. The number of ether oxygens (including phenoxy) is 1. The molecule has 4 nitrogen and oxygen atoms in total. The molecule has 0 aliphatic carbocycles. The van der Waals surface area contributed by atoms with Crippen LogP contribution in [0.3, 0.4) is 0 Å². The first-order chi connectivity index (χ1) is 4.84. The van der Waals surface area contributed by atoms with Crippen molar-refractivity contribution in [2.75, 3.05) is 6.61 Å². The summed E-state index contributed by atoms with van der Waals surface area (Å²) in [6.07, 6.45) is 0. The lowest BCUT2D eigenvalue weighted by atomic mass is 10.2. The molecule has 0 aromatic heterocycles. The number of hydrogen-bond acceptors (Lipinski definition) is 4. The largest absolute Gasteiger partial charge is 0.546 e. The molecule has 0 N–H and O–H groups in total. The third-order valence-corrected chi connectivity index (χ3v) is 1.25. The fourth-order valence-electron chi connectivity index (χ4n) is 0.296. The molecule has 0 rings (SSSR count). The molecule has 0 aromatic rings. The summed E-state index contributed by atoms with van der Waals surface area (Å²) in [7, 11) is 0. The Morgan fingerprint density at radius 1 is 1.55 bits per heavy atom. The summed E-state index contributed by atoms with van der Waals surface area (Å²) in [6, 6.07) is 0. The topological polar surface area (TPSA) is 66.4 Å². The molecule has 0 aliphatic heterocycles. The quantitative estimate of drug-likeness (QED) is 0.394. The minimum Gasteiger partial charge on any atom is -0.546 e. The summed E-state index contributed by atoms with van der Waals surface area (Å²) in [6.45, 7) is 2.58. The van der Waals surface area contributed by atoms with Gasteiger partial charge in [0.1, 0.15) is 10.0 Å². The van der Waals surface area contributed by atoms with Gasteiger partial charge in [-0.1, -0.05) is 22.6 Å². The zero-order valence-corrected chi connectivity index (χ0v) is 8.38. The summed E-state index contributed by atoms with van der Waals surface area (Å²) in [5.74, 6) is -1.94. The van der Waals surface area contributed by atoms with Crippen LogP contribution >= 0.6 is 22.6 Å². The van der Waals surface area contributed by atoms with Crippen LogP contribution in [0.2, 0.25) is 0 Å². The standard InChI is InChI=1S/C6H9IO4/c1-6(2,7)5(10)11-3-4(8)9/h3H2,1-2H3,(H,8,9)/p-1. The van der Waals surface area contributed by atoms with Crippen LogP contribution in [0.1, 0.15) is 13.8 Å². The van der Waals surface area contributed by atoms with Gasteiger partial charge in [0, 0.05) is 0 Å². The van der Waals surface area contributed by atoms with Gasteiger partial charge in [0.2, 0.25) is 0 Å². The van der Waals surface area contributed by atoms with Gasteiger partial charge in [0.25, 0.3) is 0 Å². The van der Waals surface area contributed by atoms with Gasteiger partial charge >= 0.3 is 5.97 Å². The Hall–Kier alpha value is -0.330. The Labute approximate surface area is 78.1 Å². The van der Waals surface area contributed by atoms with E-state index < -0.39 is 22.0 Å². The second kappa shape index (κ2) is 3.89. The van der Waals surface area contributed by atoms with Crippen molar-refractivity contribution in [3.8, 4) is 0 Å². The minimum atomic E-state index is -1.39. The first kappa shape index (κ1) is 10.7. The number of alkyl halides is 1. The molecule has 0 fully saturated rings. The highest BCUT2D eigenvalue weighted by Crippen LogP contribution is 2.17. The van der Waals surface area contributed by atoms with E-state index in [2.05, 4.69) is 4.74 Å². The molecular formula is C6H8IO4-. The van der Waals surface area contributed by atoms with Crippen molar-refractivity contribution in [3.05, 3.63) is 0 Å². The molecule has 0 radical (unpaired) electrons. The maximum atomic E-state index is 10.8. The van der Waals surface area contributed by atoms with Crippen molar-refractivity contribution < 1.29 is 19.4 Å². The molecule has 5 heteroatoms. The minimum absolute atomic E-state index is 0.553. The maximum Gasteiger partial charge on any atom is 0.321 e. The summed E-state index contributed by atoms with van der Waals surface area (Å²) in [4.78, 5) is 20.7. The Kier molecular flexibility index (Phi) is 3.77. The van der Waals surface area contributed by atoms with E-state index in [1.54, 1.807) is 13.8 Å². The molecule has 64 valence electrons. The molecule has 0 amide bonds. The molecule has 0 aromatic carbocycles. The molecule has 0 heterocycles. The van der Waals surface area contributed by atoms with E-state index in [1.165, 1.54) is 0 Å². The molecule has 0 unspecified atom stereocenters. The van der Waals surface area contributed by atoms with Gasteiger partial charge in [0.05, 0.1) is 5.97 Å². The lowest BCUT2D eigenvalue weighted by Gasteiger charge is -2.14. The van der Waals surface area contributed by atoms with Gasteiger partial charge in [-0.15, -0.1) is 0 Å². The summed E-state index contributed by atoms with van der Waals surface area (Å²) >= 11 is 1.86. The number of halogens is 1. The van der Waals surface area contributed by atoms with E-state index in [9.17, 15) is 14.7 Å². The van der Waals surface area contributed by atoms with Crippen molar-refractivity contribution in [3.63, 3.8) is 0 Å². The molecule has 0 saturated heterocycles. The lowest BCUT2D eigenvalue weighted by molar-refractivity contribution is -0.308. The fourth-order valence-corrected chi connectivity index (χ4v) is 0.452. The van der Waals surface area contributed by atoms with Crippen molar-refractivity contribution in [2.45, 2.75) is 17.3 Å². The number of hydrogen-bond donors (Lipinski definition) is 0. The smallest absolute Gasteiger partial charge is 0.321 e. The van der Waals surface area contributed by atoms with Crippen LogP contribution in [0.25, 0.3) is 0 Å². The van der Waals surface area contributed by atoms with Crippen LogP contribution in [0, 0.1) is 0 Å². The third kappa shape index (κ3) is 5.00. The number of carboxylic acid groups (broad SMARTS) is 1. The van der Waals surface area contributed by atoms with E-state index in [4.69, 9.17) is 0 Å². The van der Waals surface area contributed by atoms with E-state index in [0.717, 1.165) is 0 Å². The molecule has 11 heavy (non-hydrogen) atoms. The Morgan fingerprint density at radius 2 is 2.00 bits per heavy atom. The number of carbonyl (C=O) groups excluding carboxylic acids is 2. The van der Waals surface area contributed by atoms with Crippen molar-refractivity contribution >= 4 is 34.5 Å². The number of esters is 1. The van der Waals surface area contributed by atoms with Gasteiger partial charge in [-0.05, 0) is 13.8 Å².